The van der Waals surface area contributed by atoms with Gasteiger partial charge in [0.15, 0.2) is 5.78 Å². The van der Waals surface area contributed by atoms with Crippen LogP contribution in [0.25, 0.3) is 0 Å². The Morgan fingerprint density at radius 1 is 1.00 bits per heavy atom. The normalized spacial score (nSPS) is 10.7. The topological polar surface area (TPSA) is 20.3 Å². The fourth-order valence-corrected chi connectivity index (χ4v) is 2.36. The molecule has 0 spiro atoms. The molecule has 2 rings (SSSR count). The number of ketones is 1. The van der Waals surface area contributed by atoms with E-state index in [1.165, 1.54) is 5.56 Å². The zero-order valence-corrected chi connectivity index (χ0v) is 13.0. The summed E-state index contributed by atoms with van der Waals surface area (Å²) >= 11 is 0. The zero-order chi connectivity index (χ0) is 15.2. The molecule has 0 aliphatic rings. The van der Waals surface area contributed by atoms with E-state index in [2.05, 4.69) is 36.1 Å². The van der Waals surface area contributed by atoms with Crippen LogP contribution < -0.4 is 4.90 Å². The molecular weight excluding hydrogens is 258 g/mol. The summed E-state index contributed by atoms with van der Waals surface area (Å²) in [4.78, 5) is 14.3. The van der Waals surface area contributed by atoms with Gasteiger partial charge in [-0.15, -0.1) is 0 Å². The molecule has 0 unspecified atom stereocenters. The second kappa shape index (κ2) is 7.07. The smallest absolute Gasteiger partial charge is 0.165 e. The molecule has 0 N–H and O–H groups in total. The van der Waals surface area contributed by atoms with Crippen molar-refractivity contribution in [3.8, 4) is 0 Å². The van der Waals surface area contributed by atoms with E-state index in [9.17, 15) is 4.79 Å². The number of carbonyl (C=O) groups is 1. The van der Waals surface area contributed by atoms with Crippen LogP contribution in [0.15, 0.2) is 54.6 Å². The van der Waals surface area contributed by atoms with Gasteiger partial charge in [-0.3, -0.25) is 4.79 Å². The molecule has 2 aromatic carbocycles. The highest BCUT2D eigenvalue weighted by atomic mass is 16.1. The lowest BCUT2D eigenvalue weighted by molar-refractivity contribution is 0.0939. The highest BCUT2D eigenvalue weighted by Gasteiger charge is 2.11. The molecule has 0 aliphatic heterocycles. The molecule has 0 bridgehead atoms. The summed E-state index contributed by atoms with van der Waals surface area (Å²) in [7, 11) is 0. The molecule has 0 radical (unpaired) electrons. The van der Waals surface area contributed by atoms with Crippen LogP contribution in [-0.4, -0.2) is 12.3 Å². The highest BCUT2D eigenvalue weighted by molar-refractivity contribution is 5.97. The van der Waals surface area contributed by atoms with Crippen molar-refractivity contribution in [1.29, 1.82) is 0 Å². The Kier molecular flexibility index (Phi) is 5.15. The van der Waals surface area contributed by atoms with E-state index in [1.54, 1.807) is 0 Å². The molecule has 0 fully saturated rings. The predicted molar refractivity (Wildman–Crippen MR) is 88.8 cm³/mol. The molecule has 2 heteroatoms. The maximum absolute atomic E-state index is 12.0. The van der Waals surface area contributed by atoms with Crippen LogP contribution in [-0.2, 0) is 6.54 Å². The van der Waals surface area contributed by atoms with E-state index in [0.717, 1.165) is 24.3 Å². The summed E-state index contributed by atoms with van der Waals surface area (Å²) in [5.74, 6) is 0.245. The Hall–Kier alpha value is -2.09. The van der Waals surface area contributed by atoms with Gasteiger partial charge in [-0.1, -0.05) is 44.2 Å². The van der Waals surface area contributed by atoms with Gasteiger partial charge in [0.1, 0.15) is 0 Å². The molecule has 0 saturated carbocycles. The SMILES string of the molecule is CCN(Cc1ccccc1)c1ccc(C(=O)C(C)C)cc1. The van der Waals surface area contributed by atoms with Gasteiger partial charge in [0.2, 0.25) is 0 Å². The van der Waals surface area contributed by atoms with Crippen molar-refractivity contribution in [3.63, 3.8) is 0 Å². The molecule has 0 aromatic heterocycles. The number of hydrogen-bond acceptors (Lipinski definition) is 2. The summed E-state index contributed by atoms with van der Waals surface area (Å²) in [5.41, 5.74) is 3.24. The number of benzene rings is 2. The van der Waals surface area contributed by atoms with Crippen LogP contribution >= 0.6 is 0 Å². The van der Waals surface area contributed by atoms with Crippen LogP contribution in [0.4, 0.5) is 5.69 Å². The number of carbonyl (C=O) groups excluding carboxylic acids is 1. The van der Waals surface area contributed by atoms with Crippen molar-refractivity contribution >= 4 is 11.5 Å². The molecule has 0 aliphatic carbocycles. The van der Waals surface area contributed by atoms with Crippen molar-refractivity contribution in [3.05, 3.63) is 65.7 Å². The third kappa shape index (κ3) is 3.94. The molecule has 0 saturated heterocycles. The Bertz CT molecular complexity index is 572. The molecular formula is C19H23NO. The van der Waals surface area contributed by atoms with E-state index in [4.69, 9.17) is 0 Å². The zero-order valence-electron chi connectivity index (χ0n) is 13.0. The van der Waals surface area contributed by atoms with Gasteiger partial charge in [0, 0.05) is 30.3 Å². The van der Waals surface area contributed by atoms with Crippen molar-refractivity contribution in [2.45, 2.75) is 27.3 Å². The van der Waals surface area contributed by atoms with Gasteiger partial charge in [-0.2, -0.15) is 0 Å². The number of nitrogens with zero attached hydrogens (tertiary/aromatic N) is 1. The average Bonchev–Trinajstić information content (AvgIpc) is 2.53. The van der Waals surface area contributed by atoms with Crippen molar-refractivity contribution < 1.29 is 4.79 Å². The fraction of sp³-hybridized carbons (Fsp3) is 0.316. The van der Waals surface area contributed by atoms with Crippen LogP contribution in [0.1, 0.15) is 36.7 Å². The Morgan fingerprint density at radius 2 is 1.62 bits per heavy atom. The molecule has 0 heterocycles. The second-order valence-corrected chi connectivity index (χ2v) is 5.57. The summed E-state index contributed by atoms with van der Waals surface area (Å²) in [6.07, 6.45) is 0. The molecule has 21 heavy (non-hydrogen) atoms. The fourth-order valence-electron chi connectivity index (χ4n) is 2.36. The van der Waals surface area contributed by atoms with Crippen LogP contribution in [0, 0.1) is 5.92 Å². The minimum atomic E-state index is 0.0439. The number of Topliss-reactive ketones (excluding diaryl/α,β-unsaturated/α-hetero) is 1. The number of anilines is 1. The monoisotopic (exact) mass is 281 g/mol. The first kappa shape index (κ1) is 15.3. The highest BCUT2D eigenvalue weighted by Crippen LogP contribution is 2.19. The predicted octanol–water partition coefficient (Wildman–Crippen LogP) is 4.55. The molecule has 2 aromatic rings. The molecule has 2 nitrogen and oxygen atoms in total. The summed E-state index contributed by atoms with van der Waals surface area (Å²) in [6, 6.07) is 18.4. The lowest BCUT2D eigenvalue weighted by Gasteiger charge is -2.23. The lowest BCUT2D eigenvalue weighted by Crippen LogP contribution is -2.22. The molecule has 0 atom stereocenters. The molecule has 110 valence electrons. The van der Waals surface area contributed by atoms with E-state index in [1.807, 2.05) is 44.2 Å². The quantitative estimate of drug-likeness (QED) is 0.724. The summed E-state index contributed by atoms with van der Waals surface area (Å²) in [5, 5.41) is 0. The molecule has 0 amide bonds. The first-order chi connectivity index (χ1) is 10.1. The third-order valence-electron chi connectivity index (χ3n) is 3.64. The van der Waals surface area contributed by atoms with Gasteiger partial charge in [-0.25, -0.2) is 0 Å². The largest absolute Gasteiger partial charge is 0.367 e. The van der Waals surface area contributed by atoms with Gasteiger partial charge < -0.3 is 4.90 Å². The first-order valence-corrected chi connectivity index (χ1v) is 7.55. The maximum Gasteiger partial charge on any atom is 0.165 e. The van der Waals surface area contributed by atoms with E-state index >= 15 is 0 Å². The third-order valence-corrected chi connectivity index (χ3v) is 3.64. The van der Waals surface area contributed by atoms with Gasteiger partial charge in [0.05, 0.1) is 0 Å². The summed E-state index contributed by atoms with van der Waals surface area (Å²) in [6.45, 7) is 7.84. The minimum absolute atomic E-state index is 0.0439. The van der Waals surface area contributed by atoms with E-state index < -0.39 is 0 Å². The second-order valence-electron chi connectivity index (χ2n) is 5.57. The maximum atomic E-state index is 12.0. The van der Waals surface area contributed by atoms with Gasteiger partial charge in [0.25, 0.3) is 0 Å². The van der Waals surface area contributed by atoms with Crippen molar-refractivity contribution in [1.82, 2.24) is 0 Å². The lowest BCUT2D eigenvalue weighted by atomic mass is 10.0. The van der Waals surface area contributed by atoms with Crippen LogP contribution in [0.3, 0.4) is 0 Å². The summed E-state index contributed by atoms with van der Waals surface area (Å²) < 4.78 is 0. The van der Waals surface area contributed by atoms with E-state index in [-0.39, 0.29) is 11.7 Å². The standard InChI is InChI=1S/C19H23NO/c1-4-20(14-16-8-6-5-7-9-16)18-12-10-17(11-13-18)19(21)15(2)3/h5-13,15H,4,14H2,1-3H3. The van der Waals surface area contributed by atoms with Crippen molar-refractivity contribution in [2.24, 2.45) is 5.92 Å². The van der Waals surface area contributed by atoms with Crippen LogP contribution in [0.5, 0.6) is 0 Å². The number of rotatable bonds is 6. The Balaban J connectivity index is 2.14. The Labute approximate surface area is 127 Å². The van der Waals surface area contributed by atoms with Gasteiger partial charge in [-0.05, 0) is 36.8 Å². The van der Waals surface area contributed by atoms with Crippen molar-refractivity contribution in [2.75, 3.05) is 11.4 Å². The number of hydrogen-bond donors (Lipinski definition) is 0. The average molecular weight is 281 g/mol. The Morgan fingerprint density at radius 3 is 2.14 bits per heavy atom. The van der Waals surface area contributed by atoms with Gasteiger partial charge >= 0.3 is 0 Å². The van der Waals surface area contributed by atoms with E-state index in [0.29, 0.717) is 0 Å². The first-order valence-electron chi connectivity index (χ1n) is 7.55. The minimum Gasteiger partial charge on any atom is -0.367 e. The van der Waals surface area contributed by atoms with Crippen LogP contribution in [0.2, 0.25) is 0 Å².